The molecule has 0 spiro atoms. The highest BCUT2D eigenvalue weighted by Gasteiger charge is 2.24. The highest BCUT2D eigenvalue weighted by molar-refractivity contribution is 7.92. The molecule has 8 nitrogen and oxygen atoms in total. The van der Waals surface area contributed by atoms with Gasteiger partial charge in [-0.15, -0.1) is 0 Å². The van der Waals surface area contributed by atoms with Crippen LogP contribution in [0.5, 0.6) is 0 Å². The van der Waals surface area contributed by atoms with Crippen molar-refractivity contribution in [3.63, 3.8) is 0 Å². The molecule has 0 aliphatic carbocycles. The smallest absolute Gasteiger partial charge is 0.282 e. The molecule has 0 amide bonds. The second kappa shape index (κ2) is 3.99. The summed E-state index contributed by atoms with van der Waals surface area (Å²) in [4.78, 5) is 3.99. The summed E-state index contributed by atoms with van der Waals surface area (Å²) in [5.41, 5.74) is 6.12. The predicted molar refractivity (Wildman–Crippen MR) is 66.9 cm³/mol. The van der Waals surface area contributed by atoms with Crippen molar-refractivity contribution in [3.8, 4) is 0 Å². The molecule has 0 fully saturated rings. The quantitative estimate of drug-likeness (QED) is 0.729. The summed E-state index contributed by atoms with van der Waals surface area (Å²) in [5, 5.41) is 3.35. The van der Waals surface area contributed by atoms with Crippen LogP contribution in [0, 0.1) is 0 Å². The van der Waals surface area contributed by atoms with E-state index < -0.39 is 10.0 Å². The maximum Gasteiger partial charge on any atom is 0.282 e. The van der Waals surface area contributed by atoms with Crippen molar-refractivity contribution < 1.29 is 12.9 Å². The van der Waals surface area contributed by atoms with Gasteiger partial charge < -0.3 is 10.3 Å². The number of anilines is 2. The fraction of sp³-hybridized carbons (Fsp3) is 0. The molecule has 0 saturated heterocycles. The lowest BCUT2D eigenvalue weighted by Gasteiger charge is -2.05. The summed E-state index contributed by atoms with van der Waals surface area (Å²) in [6.45, 7) is 0. The monoisotopic (exact) mass is 279 g/mol. The minimum atomic E-state index is -3.89. The van der Waals surface area contributed by atoms with Gasteiger partial charge in [-0.25, -0.2) is 4.98 Å². The first-order valence-corrected chi connectivity index (χ1v) is 6.72. The maximum atomic E-state index is 12.3. The third kappa shape index (κ3) is 1.89. The summed E-state index contributed by atoms with van der Waals surface area (Å²) >= 11 is 0. The summed E-state index contributed by atoms with van der Waals surface area (Å²) in [6.07, 6.45) is 2.83. The molecule has 3 aromatic rings. The van der Waals surface area contributed by atoms with Crippen LogP contribution in [0.2, 0.25) is 0 Å². The molecule has 0 atom stereocenters. The molecular weight excluding hydrogens is 270 g/mol. The average Bonchev–Trinajstić information content (AvgIpc) is 2.94. The Bertz CT molecular complexity index is 822. The Balaban J connectivity index is 2.15. The van der Waals surface area contributed by atoms with E-state index >= 15 is 0 Å². The lowest BCUT2D eigenvalue weighted by Crippen LogP contribution is -2.16. The van der Waals surface area contributed by atoms with E-state index in [2.05, 4.69) is 19.4 Å². The number of pyridine rings is 1. The van der Waals surface area contributed by atoms with Crippen molar-refractivity contribution in [1.82, 2.24) is 14.5 Å². The van der Waals surface area contributed by atoms with Crippen molar-refractivity contribution in [1.29, 1.82) is 0 Å². The number of rotatable bonds is 3. The molecule has 3 heterocycles. The van der Waals surface area contributed by atoms with Crippen LogP contribution < -0.4 is 10.5 Å². The molecule has 0 aliphatic rings. The zero-order valence-electron chi connectivity index (χ0n) is 9.52. The van der Waals surface area contributed by atoms with Crippen LogP contribution in [0.25, 0.3) is 5.65 Å². The second-order valence-electron chi connectivity index (χ2n) is 3.72. The first kappa shape index (κ1) is 11.5. The number of fused-ring (bicyclic) bond motifs is 1. The largest absolute Gasteiger partial charge is 0.381 e. The number of hydrogen-bond acceptors (Lipinski definition) is 6. The minimum Gasteiger partial charge on any atom is -0.381 e. The zero-order chi connectivity index (χ0) is 13.5. The molecule has 98 valence electrons. The number of nitrogens with zero attached hydrogens (tertiary/aromatic N) is 3. The number of nitrogen functional groups attached to an aromatic ring is 1. The van der Waals surface area contributed by atoms with Gasteiger partial charge in [-0.05, 0) is 12.1 Å². The second-order valence-corrected chi connectivity index (χ2v) is 5.32. The van der Waals surface area contributed by atoms with Crippen LogP contribution >= 0.6 is 0 Å². The van der Waals surface area contributed by atoms with Crippen molar-refractivity contribution in [2.45, 2.75) is 5.03 Å². The molecule has 0 unspecified atom stereocenters. The highest BCUT2D eigenvalue weighted by Crippen LogP contribution is 2.22. The van der Waals surface area contributed by atoms with Crippen LogP contribution in [0.1, 0.15) is 0 Å². The fourth-order valence-corrected chi connectivity index (χ4v) is 2.92. The molecule has 0 aromatic carbocycles. The van der Waals surface area contributed by atoms with Gasteiger partial charge in [0.15, 0.2) is 11.6 Å². The molecular formula is C10H9N5O3S. The first-order chi connectivity index (χ1) is 9.08. The normalized spacial score (nSPS) is 11.8. The SMILES string of the molecule is Nc1nc2ccccn2c1S(=O)(=O)Nc1ccon1. The molecule has 0 saturated carbocycles. The third-order valence-corrected chi connectivity index (χ3v) is 3.84. The van der Waals surface area contributed by atoms with E-state index in [9.17, 15) is 8.42 Å². The van der Waals surface area contributed by atoms with E-state index in [-0.39, 0.29) is 16.7 Å². The van der Waals surface area contributed by atoms with Gasteiger partial charge in [0.05, 0.1) is 0 Å². The van der Waals surface area contributed by atoms with E-state index in [1.54, 1.807) is 24.4 Å². The van der Waals surface area contributed by atoms with E-state index in [1.807, 2.05) is 0 Å². The standard InChI is InChI=1S/C10H9N5O3S/c11-9-10(15-5-2-1-3-8(15)12-9)19(16,17)14-7-4-6-18-13-7/h1-6H,11H2,(H,13,14). The van der Waals surface area contributed by atoms with E-state index in [0.29, 0.717) is 5.65 Å². The van der Waals surface area contributed by atoms with E-state index in [0.717, 1.165) is 0 Å². The predicted octanol–water partition coefficient (Wildman–Crippen LogP) is 0.705. The Morgan fingerprint density at radius 3 is 2.89 bits per heavy atom. The van der Waals surface area contributed by atoms with Crippen molar-refractivity contribution in [3.05, 3.63) is 36.7 Å². The summed E-state index contributed by atoms with van der Waals surface area (Å²) < 4.78 is 32.7. The Hall–Kier alpha value is -2.55. The number of sulfonamides is 1. The molecule has 0 aliphatic heterocycles. The molecule has 3 N–H and O–H groups in total. The minimum absolute atomic E-state index is 0.0743. The topological polar surface area (TPSA) is 116 Å². The van der Waals surface area contributed by atoms with Crippen molar-refractivity contribution >= 4 is 27.3 Å². The number of aromatic nitrogens is 3. The number of hydrogen-bond donors (Lipinski definition) is 2. The van der Waals surface area contributed by atoms with Crippen LogP contribution in [-0.4, -0.2) is 23.0 Å². The first-order valence-electron chi connectivity index (χ1n) is 5.24. The van der Waals surface area contributed by atoms with Gasteiger partial charge >= 0.3 is 0 Å². The van der Waals surface area contributed by atoms with Crippen LogP contribution in [0.15, 0.2) is 46.3 Å². The third-order valence-electron chi connectivity index (χ3n) is 2.44. The molecule has 0 bridgehead atoms. The Morgan fingerprint density at radius 1 is 1.32 bits per heavy atom. The maximum absolute atomic E-state index is 12.3. The van der Waals surface area contributed by atoms with Gasteiger partial charge in [-0.2, -0.15) is 8.42 Å². The molecule has 3 rings (SSSR count). The summed E-state index contributed by atoms with van der Waals surface area (Å²) in [6, 6.07) is 6.47. The average molecular weight is 279 g/mol. The zero-order valence-corrected chi connectivity index (χ0v) is 10.3. The highest BCUT2D eigenvalue weighted by atomic mass is 32.2. The lowest BCUT2D eigenvalue weighted by atomic mass is 10.5. The molecule has 3 aromatic heterocycles. The van der Waals surface area contributed by atoms with Crippen LogP contribution in [0.3, 0.4) is 0 Å². The summed E-state index contributed by atoms with van der Waals surface area (Å²) in [7, 11) is -3.89. The van der Waals surface area contributed by atoms with Gasteiger partial charge in [0.1, 0.15) is 11.9 Å². The number of nitrogens with one attached hydrogen (secondary N) is 1. The van der Waals surface area contributed by atoms with Crippen LogP contribution in [0.4, 0.5) is 11.6 Å². The summed E-state index contributed by atoms with van der Waals surface area (Å²) in [5.74, 6) is -0.00697. The van der Waals surface area contributed by atoms with Crippen LogP contribution in [-0.2, 0) is 10.0 Å². The van der Waals surface area contributed by atoms with Crippen molar-refractivity contribution in [2.75, 3.05) is 10.5 Å². The lowest BCUT2D eigenvalue weighted by molar-refractivity contribution is 0.423. The Labute approximate surface area is 107 Å². The Morgan fingerprint density at radius 2 is 2.16 bits per heavy atom. The molecule has 0 radical (unpaired) electrons. The van der Waals surface area contributed by atoms with Gasteiger partial charge in [0.2, 0.25) is 5.03 Å². The van der Waals surface area contributed by atoms with Gasteiger partial charge in [0, 0.05) is 12.3 Å². The van der Waals surface area contributed by atoms with Gasteiger partial charge in [-0.3, -0.25) is 9.12 Å². The van der Waals surface area contributed by atoms with E-state index in [1.165, 1.54) is 16.7 Å². The fourth-order valence-electron chi connectivity index (χ4n) is 1.71. The van der Waals surface area contributed by atoms with Crippen molar-refractivity contribution in [2.24, 2.45) is 0 Å². The number of nitrogens with two attached hydrogens (primary N) is 1. The molecule has 19 heavy (non-hydrogen) atoms. The Kier molecular flexibility index (Phi) is 2.42. The molecule has 9 heteroatoms. The van der Waals surface area contributed by atoms with Gasteiger partial charge in [-0.1, -0.05) is 11.2 Å². The van der Waals surface area contributed by atoms with Gasteiger partial charge in [0.25, 0.3) is 10.0 Å². The number of imidazole rings is 1. The van der Waals surface area contributed by atoms with E-state index in [4.69, 9.17) is 5.73 Å².